The molecule has 0 aliphatic carbocycles. The van der Waals surface area contributed by atoms with Gasteiger partial charge in [-0.2, -0.15) is 4.98 Å². The first-order valence-corrected chi connectivity index (χ1v) is 7.06. The van der Waals surface area contributed by atoms with Gasteiger partial charge in [0.25, 0.3) is 0 Å². The summed E-state index contributed by atoms with van der Waals surface area (Å²) in [5, 5.41) is 8.31. The average molecular weight is 316 g/mol. The fourth-order valence-corrected chi connectivity index (χ4v) is 2.50. The van der Waals surface area contributed by atoms with Gasteiger partial charge in [0.2, 0.25) is 5.95 Å². The molecule has 3 aromatic rings. The molecule has 0 saturated heterocycles. The lowest BCUT2D eigenvalue weighted by atomic mass is 10.0. The summed E-state index contributed by atoms with van der Waals surface area (Å²) in [6.07, 6.45) is 3.99. The second-order valence-electron chi connectivity index (χ2n) is 4.66. The highest BCUT2D eigenvalue weighted by atomic mass is 35.5. The molecule has 3 rings (SSSR count). The Morgan fingerprint density at radius 2 is 2.05 bits per heavy atom. The quantitative estimate of drug-likeness (QED) is 0.766. The number of hydrogen-bond acceptors (Lipinski definition) is 6. The van der Waals surface area contributed by atoms with Crippen molar-refractivity contribution < 1.29 is 0 Å². The molecular weight excluding hydrogens is 302 g/mol. The number of hydrogen-bond donors (Lipinski definition) is 2. The average Bonchev–Trinajstić information content (AvgIpc) is 3.01. The number of nitrogens with zero attached hydrogens (tertiary/aromatic N) is 5. The Bertz CT molecular complexity index is 814. The summed E-state index contributed by atoms with van der Waals surface area (Å²) in [6.45, 7) is 1.99. The van der Waals surface area contributed by atoms with Crippen LogP contribution < -0.4 is 11.5 Å². The Labute approximate surface area is 131 Å². The first-order chi connectivity index (χ1) is 10.6. The predicted octanol–water partition coefficient (Wildman–Crippen LogP) is 2.10. The number of halogens is 1. The maximum absolute atomic E-state index is 6.24. The smallest absolute Gasteiger partial charge is 0.222 e. The van der Waals surface area contributed by atoms with E-state index in [1.54, 1.807) is 23.1 Å². The molecular formula is C14H14ClN7. The number of benzene rings is 1. The van der Waals surface area contributed by atoms with Crippen LogP contribution in [0.3, 0.4) is 0 Å². The molecule has 0 atom stereocenters. The number of aromatic nitrogens is 5. The van der Waals surface area contributed by atoms with Crippen LogP contribution in [-0.2, 0) is 6.42 Å². The molecule has 1 aromatic carbocycles. The van der Waals surface area contributed by atoms with Crippen molar-refractivity contribution in [3.05, 3.63) is 41.3 Å². The van der Waals surface area contributed by atoms with Gasteiger partial charge >= 0.3 is 0 Å². The van der Waals surface area contributed by atoms with Crippen LogP contribution in [0.4, 0.5) is 11.8 Å². The minimum absolute atomic E-state index is 0.170. The number of rotatable bonds is 3. The molecule has 0 fully saturated rings. The highest BCUT2D eigenvalue weighted by molar-refractivity contribution is 6.32. The Balaban J connectivity index is 2.20. The van der Waals surface area contributed by atoms with E-state index in [0.29, 0.717) is 22.9 Å². The van der Waals surface area contributed by atoms with E-state index in [9.17, 15) is 0 Å². The molecule has 0 radical (unpaired) electrons. The van der Waals surface area contributed by atoms with Crippen LogP contribution in [-0.4, -0.2) is 25.0 Å². The predicted molar refractivity (Wildman–Crippen MR) is 85.6 cm³/mol. The zero-order chi connectivity index (χ0) is 15.7. The molecule has 8 heteroatoms. The van der Waals surface area contributed by atoms with E-state index < -0.39 is 0 Å². The zero-order valence-electron chi connectivity index (χ0n) is 11.9. The summed E-state index contributed by atoms with van der Waals surface area (Å²) in [5.74, 6) is 0.514. The minimum Gasteiger partial charge on any atom is -0.383 e. The van der Waals surface area contributed by atoms with E-state index in [1.165, 1.54) is 0 Å². The van der Waals surface area contributed by atoms with Crippen molar-refractivity contribution >= 4 is 23.4 Å². The third-order valence-electron chi connectivity index (χ3n) is 3.27. The van der Waals surface area contributed by atoms with Gasteiger partial charge in [0.05, 0.1) is 28.8 Å². The van der Waals surface area contributed by atoms with Crippen LogP contribution >= 0.6 is 11.6 Å². The molecule has 2 heterocycles. The molecule has 0 spiro atoms. The number of anilines is 2. The maximum atomic E-state index is 6.24. The van der Waals surface area contributed by atoms with Gasteiger partial charge in [0, 0.05) is 5.56 Å². The van der Waals surface area contributed by atoms with E-state index in [2.05, 4.69) is 20.3 Å². The largest absolute Gasteiger partial charge is 0.383 e. The summed E-state index contributed by atoms with van der Waals surface area (Å²) in [4.78, 5) is 8.31. The van der Waals surface area contributed by atoms with E-state index in [-0.39, 0.29) is 5.95 Å². The van der Waals surface area contributed by atoms with Gasteiger partial charge in [-0.15, -0.1) is 5.10 Å². The van der Waals surface area contributed by atoms with Gasteiger partial charge < -0.3 is 11.5 Å². The van der Waals surface area contributed by atoms with Crippen molar-refractivity contribution in [2.45, 2.75) is 13.3 Å². The second kappa shape index (κ2) is 5.61. The van der Waals surface area contributed by atoms with Gasteiger partial charge in [0.15, 0.2) is 0 Å². The first-order valence-electron chi connectivity index (χ1n) is 6.68. The van der Waals surface area contributed by atoms with Crippen molar-refractivity contribution in [1.82, 2.24) is 25.0 Å². The van der Waals surface area contributed by atoms with Gasteiger partial charge in [-0.05, 0) is 24.1 Å². The monoisotopic (exact) mass is 315 g/mol. The third kappa shape index (κ3) is 2.46. The minimum atomic E-state index is 0.170. The first kappa shape index (κ1) is 14.3. The van der Waals surface area contributed by atoms with Crippen LogP contribution in [0, 0.1) is 0 Å². The van der Waals surface area contributed by atoms with Crippen molar-refractivity contribution in [2.24, 2.45) is 0 Å². The van der Waals surface area contributed by atoms with Crippen molar-refractivity contribution in [2.75, 3.05) is 11.5 Å². The summed E-state index contributed by atoms with van der Waals surface area (Å²) in [6, 6.07) is 5.53. The lowest BCUT2D eigenvalue weighted by molar-refractivity contribution is 0.803. The molecule has 4 N–H and O–H groups in total. The molecule has 22 heavy (non-hydrogen) atoms. The SMILES string of the molecule is CCc1nc(N)nc(N)c1-c1ccc(Cl)c(-n2ccnn2)c1. The molecule has 0 unspecified atom stereocenters. The molecule has 112 valence electrons. The topological polar surface area (TPSA) is 109 Å². The van der Waals surface area contributed by atoms with Gasteiger partial charge in [-0.25, -0.2) is 9.67 Å². The van der Waals surface area contributed by atoms with Crippen LogP contribution in [0.15, 0.2) is 30.6 Å². The summed E-state index contributed by atoms with van der Waals surface area (Å²) in [7, 11) is 0. The van der Waals surface area contributed by atoms with Gasteiger partial charge in [0.1, 0.15) is 5.82 Å². The van der Waals surface area contributed by atoms with E-state index in [1.807, 2.05) is 19.1 Å². The van der Waals surface area contributed by atoms with E-state index >= 15 is 0 Å². The van der Waals surface area contributed by atoms with Crippen molar-refractivity contribution in [3.63, 3.8) is 0 Å². The fourth-order valence-electron chi connectivity index (χ4n) is 2.30. The van der Waals surface area contributed by atoms with Crippen LogP contribution in [0.25, 0.3) is 16.8 Å². The van der Waals surface area contributed by atoms with Crippen molar-refractivity contribution in [1.29, 1.82) is 0 Å². The van der Waals surface area contributed by atoms with Crippen LogP contribution in [0.5, 0.6) is 0 Å². The lowest BCUT2D eigenvalue weighted by Crippen LogP contribution is -2.06. The molecule has 0 aliphatic heterocycles. The molecule has 0 aliphatic rings. The van der Waals surface area contributed by atoms with E-state index in [0.717, 1.165) is 16.8 Å². The summed E-state index contributed by atoms with van der Waals surface area (Å²) >= 11 is 6.24. The molecule has 2 aromatic heterocycles. The zero-order valence-corrected chi connectivity index (χ0v) is 12.6. The fraction of sp³-hybridized carbons (Fsp3) is 0.143. The Kier molecular flexibility index (Phi) is 3.64. The lowest BCUT2D eigenvalue weighted by Gasteiger charge is -2.12. The van der Waals surface area contributed by atoms with Crippen LogP contribution in [0.2, 0.25) is 5.02 Å². The number of nitrogen functional groups attached to an aromatic ring is 2. The van der Waals surface area contributed by atoms with Gasteiger partial charge in [-0.3, -0.25) is 0 Å². The second-order valence-corrected chi connectivity index (χ2v) is 5.06. The molecule has 0 bridgehead atoms. The number of aryl methyl sites for hydroxylation is 1. The summed E-state index contributed by atoms with van der Waals surface area (Å²) in [5.41, 5.74) is 14.8. The van der Waals surface area contributed by atoms with Crippen LogP contribution in [0.1, 0.15) is 12.6 Å². The summed E-state index contributed by atoms with van der Waals surface area (Å²) < 4.78 is 1.59. The van der Waals surface area contributed by atoms with Gasteiger partial charge in [-0.1, -0.05) is 29.8 Å². The standard InChI is InChI=1S/C14H14ClN7/c1-2-10-12(13(16)20-14(17)19-10)8-3-4-9(15)11(7-8)22-6-5-18-21-22/h3-7H,2H2,1H3,(H4,16,17,19,20). The Morgan fingerprint density at radius 1 is 1.23 bits per heavy atom. The highest BCUT2D eigenvalue weighted by Gasteiger charge is 2.14. The van der Waals surface area contributed by atoms with Crippen molar-refractivity contribution in [3.8, 4) is 16.8 Å². The third-order valence-corrected chi connectivity index (χ3v) is 3.59. The maximum Gasteiger partial charge on any atom is 0.222 e. The highest BCUT2D eigenvalue weighted by Crippen LogP contribution is 2.32. The molecule has 0 saturated carbocycles. The van der Waals surface area contributed by atoms with E-state index in [4.69, 9.17) is 23.1 Å². The Hall–Kier alpha value is -2.67. The molecule has 0 amide bonds. The Morgan fingerprint density at radius 3 is 2.73 bits per heavy atom. The number of nitrogens with two attached hydrogens (primary N) is 2. The normalized spacial score (nSPS) is 10.8. The molecule has 7 nitrogen and oxygen atoms in total.